The van der Waals surface area contributed by atoms with Gasteiger partial charge in [0, 0.05) is 18.3 Å². The fraction of sp³-hybridized carbons (Fsp3) is 0.188. The van der Waals surface area contributed by atoms with Crippen LogP contribution in [0.25, 0.3) is 0 Å². The topological polar surface area (TPSA) is 66.5 Å². The van der Waals surface area contributed by atoms with E-state index in [1.807, 2.05) is 0 Å². The van der Waals surface area contributed by atoms with Gasteiger partial charge in [0.15, 0.2) is 0 Å². The Hall–Kier alpha value is -2.39. The Labute approximate surface area is 142 Å². The number of nitrogens with one attached hydrogen (secondary N) is 1. The van der Waals surface area contributed by atoms with Gasteiger partial charge in [0.1, 0.15) is 23.5 Å². The molecule has 1 amide bonds. The highest BCUT2D eigenvalue weighted by molar-refractivity contribution is 7.89. The Morgan fingerprint density at radius 2 is 1.56 bits per heavy atom. The number of anilines is 1. The fourth-order valence-corrected chi connectivity index (χ4v) is 3.87. The quantitative estimate of drug-likeness (QED) is 0.897. The highest BCUT2D eigenvalue weighted by Gasteiger charge is 2.35. The van der Waals surface area contributed by atoms with E-state index in [9.17, 15) is 26.4 Å². The third-order valence-corrected chi connectivity index (χ3v) is 5.24. The van der Waals surface area contributed by atoms with Crippen LogP contribution in [0, 0.1) is 17.5 Å². The minimum Gasteiger partial charge on any atom is -0.311 e. The Morgan fingerprint density at radius 1 is 0.960 bits per heavy atom. The highest BCUT2D eigenvalue weighted by atomic mass is 32.2. The van der Waals surface area contributed by atoms with Gasteiger partial charge in [-0.2, -0.15) is 4.72 Å². The van der Waals surface area contributed by atoms with Crippen LogP contribution in [0.1, 0.15) is 6.42 Å². The van der Waals surface area contributed by atoms with Crippen molar-refractivity contribution >= 4 is 21.6 Å². The molecule has 25 heavy (non-hydrogen) atoms. The maximum atomic E-state index is 13.2. The summed E-state index contributed by atoms with van der Waals surface area (Å²) in [5.41, 5.74) is 0.435. The monoisotopic (exact) mass is 370 g/mol. The van der Waals surface area contributed by atoms with E-state index < -0.39 is 44.3 Å². The molecular weight excluding hydrogens is 357 g/mol. The molecule has 1 aliphatic rings. The largest absolute Gasteiger partial charge is 0.311 e. The molecule has 0 bridgehead atoms. The van der Waals surface area contributed by atoms with Crippen LogP contribution in [0.5, 0.6) is 0 Å². The molecule has 2 aromatic carbocycles. The van der Waals surface area contributed by atoms with Crippen molar-refractivity contribution in [2.45, 2.75) is 17.4 Å². The highest BCUT2D eigenvalue weighted by Crippen LogP contribution is 2.23. The van der Waals surface area contributed by atoms with Gasteiger partial charge < -0.3 is 4.90 Å². The second-order valence-corrected chi connectivity index (χ2v) is 7.25. The molecule has 3 rings (SSSR count). The molecule has 0 unspecified atom stereocenters. The summed E-state index contributed by atoms with van der Waals surface area (Å²) in [4.78, 5) is 13.1. The van der Waals surface area contributed by atoms with Crippen LogP contribution in [-0.2, 0) is 14.8 Å². The molecule has 0 aliphatic carbocycles. The number of benzene rings is 2. The summed E-state index contributed by atoms with van der Waals surface area (Å²) in [6.07, 6.45) is 0.174. The third kappa shape index (κ3) is 3.67. The molecule has 132 valence electrons. The molecule has 1 saturated heterocycles. The van der Waals surface area contributed by atoms with Gasteiger partial charge in [0.05, 0.1) is 4.90 Å². The molecule has 1 N–H and O–H groups in total. The smallest absolute Gasteiger partial charge is 0.245 e. The van der Waals surface area contributed by atoms with E-state index in [0.717, 1.165) is 0 Å². The van der Waals surface area contributed by atoms with Crippen molar-refractivity contribution in [3.05, 3.63) is 59.9 Å². The van der Waals surface area contributed by atoms with Gasteiger partial charge in [-0.1, -0.05) is 0 Å². The maximum Gasteiger partial charge on any atom is 0.245 e. The van der Waals surface area contributed by atoms with E-state index in [0.29, 0.717) is 23.9 Å². The minimum atomic E-state index is -4.27. The van der Waals surface area contributed by atoms with Crippen molar-refractivity contribution in [2.75, 3.05) is 11.4 Å². The molecule has 0 spiro atoms. The number of rotatable bonds is 4. The first-order valence-electron chi connectivity index (χ1n) is 7.32. The molecule has 5 nitrogen and oxygen atoms in total. The minimum absolute atomic E-state index is 0.174. The van der Waals surface area contributed by atoms with Crippen LogP contribution in [0.4, 0.5) is 18.9 Å². The van der Waals surface area contributed by atoms with Crippen LogP contribution in [0.15, 0.2) is 47.4 Å². The van der Waals surface area contributed by atoms with Gasteiger partial charge in [-0.3, -0.25) is 4.79 Å². The van der Waals surface area contributed by atoms with Gasteiger partial charge in [-0.15, -0.1) is 0 Å². The molecule has 0 aromatic heterocycles. The zero-order valence-corrected chi connectivity index (χ0v) is 13.6. The number of hydrogen-bond acceptors (Lipinski definition) is 3. The van der Waals surface area contributed by atoms with E-state index in [2.05, 4.69) is 4.72 Å². The summed E-state index contributed by atoms with van der Waals surface area (Å²) >= 11 is 0. The molecule has 0 radical (unpaired) electrons. The molecule has 9 heteroatoms. The zero-order valence-electron chi connectivity index (χ0n) is 12.7. The maximum absolute atomic E-state index is 13.2. The summed E-state index contributed by atoms with van der Waals surface area (Å²) in [7, 11) is -4.27. The molecule has 1 aliphatic heterocycles. The second-order valence-electron chi connectivity index (χ2n) is 5.53. The van der Waals surface area contributed by atoms with Crippen molar-refractivity contribution < 1.29 is 26.4 Å². The van der Waals surface area contributed by atoms with Crippen molar-refractivity contribution in [3.63, 3.8) is 0 Å². The molecule has 1 heterocycles. The standard InChI is InChI=1S/C16H13F3N2O3S/c17-10-1-3-13(4-2-10)21-6-5-15(16(21)22)20-25(23,24)14-8-11(18)7-12(19)9-14/h1-4,7-9,15,20H,5-6H2/t15-/m1/s1. The average molecular weight is 370 g/mol. The number of halogens is 3. The van der Waals surface area contributed by atoms with Gasteiger partial charge in [0.25, 0.3) is 0 Å². The van der Waals surface area contributed by atoms with Crippen LogP contribution in [0.2, 0.25) is 0 Å². The van der Waals surface area contributed by atoms with E-state index >= 15 is 0 Å². The van der Waals surface area contributed by atoms with E-state index in [1.54, 1.807) is 0 Å². The number of sulfonamides is 1. The van der Waals surface area contributed by atoms with Gasteiger partial charge in [-0.25, -0.2) is 21.6 Å². The van der Waals surface area contributed by atoms with Crippen molar-refractivity contribution in [1.29, 1.82) is 0 Å². The predicted octanol–water partition coefficient (Wildman–Crippen LogP) is 2.19. The third-order valence-electron chi connectivity index (χ3n) is 3.79. The summed E-state index contributed by atoms with van der Waals surface area (Å²) in [5.74, 6) is -3.05. The van der Waals surface area contributed by atoms with Crippen LogP contribution in [0.3, 0.4) is 0 Å². The van der Waals surface area contributed by atoms with Gasteiger partial charge >= 0.3 is 0 Å². The lowest BCUT2D eigenvalue weighted by Gasteiger charge is -2.17. The molecule has 2 aromatic rings. The lowest BCUT2D eigenvalue weighted by molar-refractivity contribution is -0.118. The Balaban J connectivity index is 1.79. The normalized spacial score (nSPS) is 18.0. The summed E-state index contributed by atoms with van der Waals surface area (Å²) in [5, 5.41) is 0. The molecule has 1 atom stereocenters. The first kappa shape index (κ1) is 17.4. The van der Waals surface area contributed by atoms with Crippen LogP contribution >= 0.6 is 0 Å². The van der Waals surface area contributed by atoms with Crippen LogP contribution < -0.4 is 9.62 Å². The fourth-order valence-electron chi connectivity index (χ4n) is 2.61. The SMILES string of the molecule is O=C1[C@H](NS(=O)(=O)c2cc(F)cc(F)c2)CCN1c1ccc(F)cc1. The Kier molecular flexibility index (Phi) is 4.53. The average Bonchev–Trinajstić information content (AvgIpc) is 2.88. The molecule has 1 fully saturated rings. The van der Waals surface area contributed by atoms with Gasteiger partial charge in [0.2, 0.25) is 15.9 Å². The van der Waals surface area contributed by atoms with Crippen LogP contribution in [-0.4, -0.2) is 26.9 Å². The van der Waals surface area contributed by atoms with Crippen molar-refractivity contribution in [2.24, 2.45) is 0 Å². The second kappa shape index (κ2) is 6.49. The number of carbonyl (C=O) groups is 1. The van der Waals surface area contributed by atoms with Gasteiger partial charge in [-0.05, 0) is 42.8 Å². The first-order valence-corrected chi connectivity index (χ1v) is 8.80. The Bertz CT molecular complexity index is 896. The van der Waals surface area contributed by atoms with E-state index in [1.165, 1.54) is 29.2 Å². The van der Waals surface area contributed by atoms with E-state index in [-0.39, 0.29) is 13.0 Å². The van der Waals surface area contributed by atoms with E-state index in [4.69, 9.17) is 0 Å². The first-order chi connectivity index (χ1) is 11.8. The number of carbonyl (C=O) groups excluding carboxylic acids is 1. The summed E-state index contributed by atoms with van der Waals surface area (Å²) in [6.45, 7) is 0.231. The van der Waals surface area contributed by atoms with Crippen molar-refractivity contribution in [3.8, 4) is 0 Å². The lowest BCUT2D eigenvalue weighted by atomic mass is 10.3. The molecule has 0 saturated carbocycles. The predicted molar refractivity (Wildman–Crippen MR) is 83.8 cm³/mol. The number of hydrogen-bond donors (Lipinski definition) is 1. The summed E-state index contributed by atoms with van der Waals surface area (Å²) < 4.78 is 66.1. The number of amides is 1. The van der Waals surface area contributed by atoms with Crippen molar-refractivity contribution in [1.82, 2.24) is 4.72 Å². The summed E-state index contributed by atoms with van der Waals surface area (Å²) in [6, 6.07) is 6.02. The number of nitrogens with zero attached hydrogens (tertiary/aromatic N) is 1. The zero-order chi connectivity index (χ0) is 18.2. The Morgan fingerprint density at radius 3 is 2.16 bits per heavy atom. The lowest BCUT2D eigenvalue weighted by Crippen LogP contribution is -2.41. The molecular formula is C16H13F3N2O3S.